The van der Waals surface area contributed by atoms with Gasteiger partial charge in [0, 0.05) is 18.8 Å². The van der Waals surface area contributed by atoms with Crippen LogP contribution in [-0.2, 0) is 0 Å². The maximum atomic E-state index is 13.6. The maximum Gasteiger partial charge on any atom is 0.259 e. The Labute approximate surface area is 137 Å². The summed E-state index contributed by atoms with van der Waals surface area (Å²) in [4.78, 5) is 18.7. The smallest absolute Gasteiger partial charge is 0.259 e. The number of aliphatic hydroxyl groups excluding tert-OH is 1. The molecule has 2 aromatic heterocycles. The second-order valence-electron chi connectivity index (χ2n) is 5.99. The molecule has 3 heterocycles. The van der Waals surface area contributed by atoms with Crippen LogP contribution < -0.4 is 10.5 Å². The zero-order valence-electron chi connectivity index (χ0n) is 12.8. The zero-order chi connectivity index (χ0) is 16.7. The molecule has 2 atom stereocenters. The summed E-state index contributed by atoms with van der Waals surface area (Å²) in [6.07, 6.45) is 1.59. The monoisotopic (exact) mass is 325 g/mol. The van der Waals surface area contributed by atoms with Crippen LogP contribution in [0.5, 0.6) is 0 Å². The number of rotatable bonds is 2. The number of fused-ring (bicyclic) bond motifs is 1. The molecule has 4 rings (SSSR count). The van der Waals surface area contributed by atoms with E-state index in [1.165, 1.54) is 22.6 Å². The van der Waals surface area contributed by atoms with Gasteiger partial charge in [0.2, 0.25) is 0 Å². The SMILES string of the molecule is O=c1cc(N2C[C@@H](O)C[C@H]2c2cccc(F)c2)nc2ccccn12. The molecule has 0 spiro atoms. The zero-order valence-corrected chi connectivity index (χ0v) is 12.8. The molecule has 6 heteroatoms. The van der Waals surface area contributed by atoms with Crippen molar-refractivity contribution in [2.24, 2.45) is 0 Å². The molecule has 3 aromatic rings. The average molecular weight is 325 g/mol. The summed E-state index contributed by atoms with van der Waals surface area (Å²) in [5.41, 5.74) is 1.12. The van der Waals surface area contributed by atoms with Crippen molar-refractivity contribution in [2.45, 2.75) is 18.6 Å². The van der Waals surface area contributed by atoms with Crippen molar-refractivity contribution in [1.82, 2.24) is 9.38 Å². The fraction of sp³-hybridized carbons (Fsp3) is 0.222. The number of β-amino-alcohol motifs (C(OH)–C–C–N with tert-alkyl or cyclic N) is 1. The Morgan fingerprint density at radius 3 is 2.88 bits per heavy atom. The van der Waals surface area contributed by atoms with Crippen molar-refractivity contribution in [2.75, 3.05) is 11.4 Å². The van der Waals surface area contributed by atoms with E-state index in [-0.39, 0.29) is 17.4 Å². The van der Waals surface area contributed by atoms with Crippen molar-refractivity contribution < 1.29 is 9.50 Å². The molecule has 0 bridgehead atoms. The van der Waals surface area contributed by atoms with Crippen LogP contribution in [-0.4, -0.2) is 27.1 Å². The van der Waals surface area contributed by atoms with E-state index >= 15 is 0 Å². The molecule has 0 saturated carbocycles. The Morgan fingerprint density at radius 2 is 2.04 bits per heavy atom. The van der Waals surface area contributed by atoms with Crippen LogP contribution in [0.25, 0.3) is 5.65 Å². The Hall–Kier alpha value is -2.73. The van der Waals surface area contributed by atoms with Gasteiger partial charge >= 0.3 is 0 Å². The molecular formula is C18H16FN3O2. The number of anilines is 1. The number of hydrogen-bond acceptors (Lipinski definition) is 4. The molecular weight excluding hydrogens is 309 g/mol. The predicted octanol–water partition coefficient (Wildman–Crippen LogP) is 2.15. The highest BCUT2D eigenvalue weighted by molar-refractivity contribution is 5.51. The molecule has 1 saturated heterocycles. The van der Waals surface area contributed by atoms with E-state index in [1.54, 1.807) is 24.4 Å². The van der Waals surface area contributed by atoms with Gasteiger partial charge in [-0.2, -0.15) is 0 Å². The van der Waals surface area contributed by atoms with Crippen molar-refractivity contribution in [3.05, 3.63) is 76.5 Å². The molecule has 24 heavy (non-hydrogen) atoms. The van der Waals surface area contributed by atoms with Gasteiger partial charge in [0.25, 0.3) is 5.56 Å². The highest BCUT2D eigenvalue weighted by Crippen LogP contribution is 2.35. The summed E-state index contributed by atoms with van der Waals surface area (Å²) in [6.45, 7) is 0.358. The van der Waals surface area contributed by atoms with E-state index < -0.39 is 6.10 Å². The summed E-state index contributed by atoms with van der Waals surface area (Å²) < 4.78 is 15.0. The second-order valence-corrected chi connectivity index (χ2v) is 5.99. The molecule has 0 amide bonds. The first kappa shape index (κ1) is 14.8. The lowest BCUT2D eigenvalue weighted by Crippen LogP contribution is -2.27. The third-order valence-corrected chi connectivity index (χ3v) is 4.36. The van der Waals surface area contributed by atoms with E-state index in [1.807, 2.05) is 17.0 Å². The first-order valence-corrected chi connectivity index (χ1v) is 7.80. The molecule has 0 radical (unpaired) electrons. The Morgan fingerprint density at radius 1 is 1.17 bits per heavy atom. The van der Waals surface area contributed by atoms with E-state index in [0.29, 0.717) is 24.4 Å². The van der Waals surface area contributed by atoms with Crippen LogP contribution in [0.2, 0.25) is 0 Å². The predicted molar refractivity (Wildman–Crippen MR) is 88.6 cm³/mol. The van der Waals surface area contributed by atoms with Gasteiger partial charge in [0.1, 0.15) is 17.3 Å². The topological polar surface area (TPSA) is 57.8 Å². The molecule has 1 aromatic carbocycles. The fourth-order valence-corrected chi connectivity index (χ4v) is 3.29. The first-order chi connectivity index (χ1) is 11.6. The van der Waals surface area contributed by atoms with Gasteiger partial charge in [0.05, 0.1) is 12.1 Å². The minimum atomic E-state index is -0.547. The first-order valence-electron chi connectivity index (χ1n) is 7.80. The minimum absolute atomic E-state index is 0.185. The Balaban J connectivity index is 1.80. The second kappa shape index (κ2) is 5.72. The number of hydrogen-bond donors (Lipinski definition) is 1. The maximum absolute atomic E-state index is 13.6. The molecule has 1 fully saturated rings. The van der Waals surface area contributed by atoms with Gasteiger partial charge in [-0.1, -0.05) is 18.2 Å². The van der Waals surface area contributed by atoms with Crippen LogP contribution in [0.4, 0.5) is 10.2 Å². The lowest BCUT2D eigenvalue weighted by atomic mass is 10.0. The standard InChI is InChI=1S/C18H16FN3O2/c19-13-5-3-4-12(8-13)15-9-14(23)11-22(15)17-10-18(24)21-7-2-1-6-16(21)20-17/h1-8,10,14-15,23H,9,11H2/t14-,15-/m0/s1. The normalized spacial score (nSPS) is 20.7. The van der Waals surface area contributed by atoms with Gasteiger partial charge in [-0.05, 0) is 36.2 Å². The Kier molecular flexibility index (Phi) is 3.54. The van der Waals surface area contributed by atoms with E-state index in [4.69, 9.17) is 0 Å². The highest BCUT2D eigenvalue weighted by atomic mass is 19.1. The quantitative estimate of drug-likeness (QED) is 0.784. The molecule has 1 aliphatic heterocycles. The van der Waals surface area contributed by atoms with Crippen LogP contribution in [0.15, 0.2) is 59.5 Å². The third kappa shape index (κ3) is 2.55. The number of nitrogens with zero attached hydrogens (tertiary/aromatic N) is 3. The van der Waals surface area contributed by atoms with Crippen LogP contribution in [0.1, 0.15) is 18.0 Å². The fourth-order valence-electron chi connectivity index (χ4n) is 3.29. The number of halogens is 1. The van der Waals surface area contributed by atoms with Gasteiger partial charge in [-0.25, -0.2) is 9.37 Å². The summed E-state index contributed by atoms with van der Waals surface area (Å²) in [7, 11) is 0. The summed E-state index contributed by atoms with van der Waals surface area (Å²) in [5, 5.41) is 10.1. The number of aromatic nitrogens is 2. The van der Waals surface area contributed by atoms with Crippen LogP contribution in [0, 0.1) is 5.82 Å². The van der Waals surface area contributed by atoms with Crippen molar-refractivity contribution in [1.29, 1.82) is 0 Å². The molecule has 122 valence electrons. The molecule has 0 aliphatic carbocycles. The Bertz CT molecular complexity index is 956. The molecule has 1 aliphatic rings. The lowest BCUT2D eigenvalue weighted by molar-refractivity contribution is 0.194. The van der Waals surface area contributed by atoms with Gasteiger partial charge < -0.3 is 10.0 Å². The summed E-state index contributed by atoms with van der Waals surface area (Å²) in [5.74, 6) is 0.178. The van der Waals surface area contributed by atoms with E-state index in [2.05, 4.69) is 4.98 Å². The van der Waals surface area contributed by atoms with Crippen LogP contribution in [0.3, 0.4) is 0 Å². The third-order valence-electron chi connectivity index (χ3n) is 4.36. The number of benzene rings is 1. The average Bonchev–Trinajstić information content (AvgIpc) is 2.97. The number of aliphatic hydroxyl groups is 1. The number of pyridine rings is 1. The van der Waals surface area contributed by atoms with Crippen LogP contribution >= 0.6 is 0 Å². The lowest BCUT2D eigenvalue weighted by Gasteiger charge is -2.25. The minimum Gasteiger partial charge on any atom is -0.391 e. The van der Waals surface area contributed by atoms with Crippen molar-refractivity contribution >= 4 is 11.5 Å². The van der Waals surface area contributed by atoms with E-state index in [0.717, 1.165) is 5.56 Å². The van der Waals surface area contributed by atoms with Gasteiger partial charge in [-0.3, -0.25) is 9.20 Å². The van der Waals surface area contributed by atoms with Gasteiger partial charge in [0.15, 0.2) is 0 Å². The van der Waals surface area contributed by atoms with Crippen molar-refractivity contribution in [3.63, 3.8) is 0 Å². The van der Waals surface area contributed by atoms with Crippen molar-refractivity contribution in [3.8, 4) is 0 Å². The molecule has 0 unspecified atom stereocenters. The van der Waals surface area contributed by atoms with E-state index in [9.17, 15) is 14.3 Å². The largest absolute Gasteiger partial charge is 0.391 e. The molecule has 5 nitrogen and oxygen atoms in total. The summed E-state index contributed by atoms with van der Waals surface area (Å²) in [6, 6.07) is 12.9. The van der Waals surface area contributed by atoms with Gasteiger partial charge in [-0.15, -0.1) is 0 Å². The summed E-state index contributed by atoms with van der Waals surface area (Å²) >= 11 is 0. The highest BCUT2D eigenvalue weighted by Gasteiger charge is 2.33. The molecule has 1 N–H and O–H groups in total.